The molecular formula is C25H21N5O2. The first kappa shape index (κ1) is 19.6. The molecular weight excluding hydrogens is 402 g/mol. The van der Waals surface area contributed by atoms with Crippen molar-refractivity contribution < 1.29 is 9.21 Å². The summed E-state index contributed by atoms with van der Waals surface area (Å²) in [6.45, 7) is 2.70. The number of nitrogens with zero attached hydrogens (tertiary/aromatic N) is 4. The normalized spacial score (nSPS) is 10.9. The summed E-state index contributed by atoms with van der Waals surface area (Å²) in [5.41, 5.74) is 3.64. The molecule has 0 unspecified atom stereocenters. The van der Waals surface area contributed by atoms with E-state index in [2.05, 4.69) is 20.0 Å². The van der Waals surface area contributed by atoms with Crippen molar-refractivity contribution in [3.05, 3.63) is 109 Å². The first-order valence-corrected chi connectivity index (χ1v) is 10.2. The minimum Gasteiger partial charge on any atom is -0.463 e. The van der Waals surface area contributed by atoms with Crippen LogP contribution in [0.1, 0.15) is 21.9 Å². The molecule has 0 aliphatic rings. The number of amides is 1. The maximum Gasteiger partial charge on any atom is 0.274 e. The lowest BCUT2D eigenvalue weighted by atomic mass is 10.2. The van der Waals surface area contributed by atoms with Crippen molar-refractivity contribution in [1.82, 2.24) is 19.3 Å². The third-order valence-corrected chi connectivity index (χ3v) is 5.20. The highest BCUT2D eigenvalue weighted by molar-refractivity contribution is 6.04. The molecule has 1 amide bonds. The zero-order valence-electron chi connectivity index (χ0n) is 17.5. The van der Waals surface area contributed by atoms with Crippen LogP contribution in [0.15, 0.2) is 95.9 Å². The number of aryl methyl sites for hydroxylation is 1. The van der Waals surface area contributed by atoms with E-state index in [9.17, 15) is 4.79 Å². The Morgan fingerprint density at radius 1 is 1.03 bits per heavy atom. The van der Waals surface area contributed by atoms with E-state index in [0.717, 1.165) is 23.6 Å². The molecule has 5 aromatic rings. The summed E-state index contributed by atoms with van der Waals surface area (Å²) in [4.78, 5) is 17.4. The number of imidazole rings is 1. The highest BCUT2D eigenvalue weighted by Gasteiger charge is 2.19. The van der Waals surface area contributed by atoms with E-state index in [1.807, 2.05) is 73.8 Å². The van der Waals surface area contributed by atoms with Gasteiger partial charge in [0.15, 0.2) is 5.76 Å². The van der Waals surface area contributed by atoms with E-state index in [-0.39, 0.29) is 5.91 Å². The Morgan fingerprint density at radius 2 is 1.84 bits per heavy atom. The Labute approximate surface area is 185 Å². The standard InChI is InChI=1S/C25H21N5O2/c1-18-26-13-14-29(18)17-19-9-11-20(12-10-19)27-25(31)23-16-22(24-8-5-15-32-24)28-30(23)21-6-3-2-4-7-21/h2-16H,17H2,1H3,(H,27,31). The topological polar surface area (TPSA) is 77.9 Å². The summed E-state index contributed by atoms with van der Waals surface area (Å²) >= 11 is 0. The van der Waals surface area contributed by atoms with E-state index >= 15 is 0 Å². The van der Waals surface area contributed by atoms with Gasteiger partial charge in [-0.3, -0.25) is 4.79 Å². The van der Waals surface area contributed by atoms with Crippen LogP contribution < -0.4 is 5.32 Å². The van der Waals surface area contributed by atoms with Gasteiger partial charge in [0, 0.05) is 30.7 Å². The summed E-state index contributed by atoms with van der Waals surface area (Å²) in [5.74, 6) is 1.31. The number of benzene rings is 2. The van der Waals surface area contributed by atoms with E-state index < -0.39 is 0 Å². The van der Waals surface area contributed by atoms with Crippen LogP contribution in [0.4, 0.5) is 5.69 Å². The number of nitrogens with one attached hydrogen (secondary N) is 1. The van der Waals surface area contributed by atoms with Gasteiger partial charge in [-0.1, -0.05) is 30.3 Å². The van der Waals surface area contributed by atoms with Crippen LogP contribution in [0.25, 0.3) is 17.1 Å². The van der Waals surface area contributed by atoms with E-state index in [4.69, 9.17) is 4.42 Å². The molecule has 1 N–H and O–H groups in total. The van der Waals surface area contributed by atoms with Crippen molar-refractivity contribution >= 4 is 11.6 Å². The molecule has 0 bridgehead atoms. The fourth-order valence-electron chi connectivity index (χ4n) is 3.51. The summed E-state index contributed by atoms with van der Waals surface area (Å²) in [6.07, 6.45) is 5.33. The van der Waals surface area contributed by atoms with Crippen LogP contribution >= 0.6 is 0 Å². The SMILES string of the molecule is Cc1nccn1Cc1ccc(NC(=O)c2cc(-c3ccco3)nn2-c2ccccc2)cc1. The van der Waals surface area contributed by atoms with Gasteiger partial charge in [0.05, 0.1) is 12.0 Å². The highest BCUT2D eigenvalue weighted by Crippen LogP contribution is 2.23. The van der Waals surface area contributed by atoms with Gasteiger partial charge in [-0.05, 0) is 48.9 Å². The molecule has 5 rings (SSSR count). The quantitative estimate of drug-likeness (QED) is 0.420. The van der Waals surface area contributed by atoms with E-state index in [1.54, 1.807) is 29.3 Å². The lowest BCUT2D eigenvalue weighted by molar-refractivity contribution is 0.101. The number of carbonyl (C=O) groups is 1. The monoisotopic (exact) mass is 423 g/mol. The van der Waals surface area contributed by atoms with Crippen LogP contribution in [-0.4, -0.2) is 25.2 Å². The number of anilines is 1. The number of para-hydroxylation sites is 1. The second-order valence-electron chi connectivity index (χ2n) is 7.39. The third kappa shape index (κ3) is 3.96. The molecule has 158 valence electrons. The van der Waals surface area contributed by atoms with Crippen molar-refractivity contribution in [2.75, 3.05) is 5.32 Å². The van der Waals surface area contributed by atoms with Gasteiger partial charge in [0.2, 0.25) is 0 Å². The van der Waals surface area contributed by atoms with E-state index in [1.165, 1.54) is 0 Å². The average Bonchev–Trinajstić information content (AvgIpc) is 3.57. The maximum absolute atomic E-state index is 13.2. The fourth-order valence-corrected chi connectivity index (χ4v) is 3.51. The molecule has 0 saturated heterocycles. The second kappa shape index (κ2) is 8.39. The minimum absolute atomic E-state index is 0.252. The molecule has 0 fully saturated rings. The summed E-state index contributed by atoms with van der Waals surface area (Å²) < 4.78 is 9.17. The first-order valence-electron chi connectivity index (χ1n) is 10.2. The second-order valence-corrected chi connectivity index (χ2v) is 7.39. The number of carbonyl (C=O) groups excluding carboxylic acids is 1. The van der Waals surface area contributed by atoms with Gasteiger partial charge in [0.1, 0.15) is 17.2 Å². The van der Waals surface area contributed by atoms with Crippen molar-refractivity contribution in [1.29, 1.82) is 0 Å². The minimum atomic E-state index is -0.252. The zero-order chi connectivity index (χ0) is 21.9. The molecule has 7 nitrogen and oxygen atoms in total. The summed E-state index contributed by atoms with van der Waals surface area (Å²) in [5, 5.41) is 7.58. The van der Waals surface area contributed by atoms with Crippen LogP contribution in [-0.2, 0) is 6.54 Å². The highest BCUT2D eigenvalue weighted by atomic mass is 16.3. The maximum atomic E-state index is 13.2. The van der Waals surface area contributed by atoms with Crippen LogP contribution in [0.2, 0.25) is 0 Å². The Morgan fingerprint density at radius 3 is 2.53 bits per heavy atom. The molecule has 3 heterocycles. The number of hydrogen-bond donors (Lipinski definition) is 1. The number of rotatable bonds is 6. The molecule has 7 heteroatoms. The fraction of sp³-hybridized carbons (Fsp3) is 0.0800. The van der Waals surface area contributed by atoms with Gasteiger partial charge in [-0.25, -0.2) is 9.67 Å². The third-order valence-electron chi connectivity index (χ3n) is 5.20. The number of furan rings is 1. The smallest absolute Gasteiger partial charge is 0.274 e. The van der Waals surface area contributed by atoms with Crippen molar-refractivity contribution in [2.45, 2.75) is 13.5 Å². The van der Waals surface area contributed by atoms with Crippen LogP contribution in [0.3, 0.4) is 0 Å². The van der Waals surface area contributed by atoms with Gasteiger partial charge in [-0.15, -0.1) is 0 Å². The van der Waals surface area contributed by atoms with Gasteiger partial charge in [-0.2, -0.15) is 5.10 Å². The predicted octanol–water partition coefficient (Wildman–Crippen LogP) is 4.94. The van der Waals surface area contributed by atoms with E-state index in [0.29, 0.717) is 22.8 Å². The van der Waals surface area contributed by atoms with Crippen molar-refractivity contribution in [3.8, 4) is 17.1 Å². The first-order chi connectivity index (χ1) is 15.7. The molecule has 0 aliphatic carbocycles. The Kier molecular flexibility index (Phi) is 5.13. The number of hydrogen-bond acceptors (Lipinski definition) is 4. The van der Waals surface area contributed by atoms with Crippen LogP contribution in [0, 0.1) is 6.92 Å². The largest absolute Gasteiger partial charge is 0.463 e. The van der Waals surface area contributed by atoms with Gasteiger partial charge < -0.3 is 14.3 Å². The van der Waals surface area contributed by atoms with Crippen molar-refractivity contribution in [3.63, 3.8) is 0 Å². The summed E-state index contributed by atoms with van der Waals surface area (Å²) in [6, 6.07) is 22.7. The average molecular weight is 423 g/mol. The molecule has 0 radical (unpaired) electrons. The van der Waals surface area contributed by atoms with Gasteiger partial charge in [0.25, 0.3) is 5.91 Å². The predicted molar refractivity (Wildman–Crippen MR) is 122 cm³/mol. The summed E-state index contributed by atoms with van der Waals surface area (Å²) in [7, 11) is 0. The van der Waals surface area contributed by atoms with Crippen LogP contribution in [0.5, 0.6) is 0 Å². The lowest BCUT2D eigenvalue weighted by Crippen LogP contribution is -2.17. The Bertz CT molecular complexity index is 1330. The lowest BCUT2D eigenvalue weighted by Gasteiger charge is -2.10. The zero-order valence-corrected chi connectivity index (χ0v) is 17.5. The Balaban J connectivity index is 1.40. The molecule has 0 saturated carbocycles. The Hall–Kier alpha value is -4.39. The molecule has 2 aromatic carbocycles. The molecule has 0 atom stereocenters. The molecule has 0 spiro atoms. The van der Waals surface area contributed by atoms with Crippen molar-refractivity contribution in [2.24, 2.45) is 0 Å². The van der Waals surface area contributed by atoms with Gasteiger partial charge >= 0.3 is 0 Å². The molecule has 0 aliphatic heterocycles. The molecule has 32 heavy (non-hydrogen) atoms. The number of aromatic nitrogens is 4. The molecule has 3 aromatic heterocycles.